The van der Waals surface area contributed by atoms with E-state index in [-0.39, 0.29) is 27.3 Å². The summed E-state index contributed by atoms with van der Waals surface area (Å²) < 4.78 is 10.9. The fourth-order valence-electron chi connectivity index (χ4n) is 6.51. The third-order valence-electron chi connectivity index (χ3n) is 9.29. The molecule has 3 aliphatic rings. The fourth-order valence-corrected chi connectivity index (χ4v) is 8.49. The van der Waals surface area contributed by atoms with Crippen LogP contribution in [-0.4, -0.2) is 141 Å². The molecule has 0 bridgehead atoms. The van der Waals surface area contributed by atoms with Crippen LogP contribution in [0.3, 0.4) is 0 Å². The number of phenols is 2. The third kappa shape index (κ3) is 7.63. The fraction of sp³-hybridized carbons (Fsp3) is 0.484. The number of quaternary nitrogens is 1. The zero-order valence-corrected chi connectivity index (χ0v) is 32.0. The van der Waals surface area contributed by atoms with Gasteiger partial charge in [0, 0.05) is 48.3 Å². The lowest BCUT2D eigenvalue weighted by Gasteiger charge is -2.50. The number of carbonyl (C=O) groups is 4. The number of esters is 1. The van der Waals surface area contributed by atoms with E-state index in [1.54, 1.807) is 11.9 Å². The van der Waals surface area contributed by atoms with E-state index in [1.807, 2.05) is 0 Å². The van der Waals surface area contributed by atoms with Crippen LogP contribution in [0.25, 0.3) is 5.70 Å². The Labute approximate surface area is 321 Å². The van der Waals surface area contributed by atoms with Crippen molar-refractivity contribution in [3.63, 3.8) is 0 Å². The van der Waals surface area contributed by atoms with E-state index in [0.29, 0.717) is 41.4 Å². The molecule has 54 heavy (non-hydrogen) atoms. The van der Waals surface area contributed by atoms with Crippen LogP contribution in [-0.2, 0) is 31.0 Å². The van der Waals surface area contributed by atoms with E-state index in [1.165, 1.54) is 43.5 Å². The predicted octanol–water partition coefficient (Wildman–Crippen LogP) is 0.233. The number of fused-ring (bicyclic) bond motifs is 1. The number of thioether (sulfide) groups is 1. The maximum atomic E-state index is 14.0. The van der Waals surface area contributed by atoms with Crippen LogP contribution in [0.5, 0.6) is 11.5 Å². The summed E-state index contributed by atoms with van der Waals surface area (Å²) in [6.07, 6.45) is 1.94. The van der Waals surface area contributed by atoms with Crippen molar-refractivity contribution in [2.45, 2.75) is 43.7 Å². The Kier molecular flexibility index (Phi) is 11.0. The largest absolute Gasteiger partial charge is 0.504 e. The zero-order valence-electron chi connectivity index (χ0n) is 29.6. The van der Waals surface area contributed by atoms with Crippen LogP contribution in [0, 0.1) is 0 Å². The van der Waals surface area contributed by atoms with E-state index < -0.39 is 52.2 Å². The number of oxime groups is 1. The molecule has 3 aliphatic heterocycles. The Bertz CT molecular complexity index is 2020. The van der Waals surface area contributed by atoms with Gasteiger partial charge < -0.3 is 40.6 Å². The van der Waals surface area contributed by atoms with Crippen LogP contribution < -0.4 is 16.4 Å². The van der Waals surface area contributed by atoms with E-state index in [2.05, 4.69) is 40.7 Å². The summed E-state index contributed by atoms with van der Waals surface area (Å²) in [7, 11) is 2.86. The zero-order chi connectivity index (χ0) is 38.9. The van der Waals surface area contributed by atoms with Crippen molar-refractivity contribution < 1.29 is 43.4 Å². The number of hydrogen-bond acceptors (Lipinski definition) is 17. The molecule has 23 heteroatoms. The lowest BCUT2D eigenvalue weighted by molar-refractivity contribution is -0.911. The highest BCUT2D eigenvalue weighted by atomic mass is 35.5. The molecule has 0 spiro atoms. The molecule has 288 valence electrons. The van der Waals surface area contributed by atoms with Gasteiger partial charge in [-0.3, -0.25) is 19.3 Å². The highest BCUT2D eigenvalue weighted by molar-refractivity contribution is 8.00. The highest BCUT2D eigenvalue weighted by Crippen LogP contribution is 2.44. The number of benzene rings is 1. The maximum Gasteiger partial charge on any atom is 0.352 e. The quantitative estimate of drug-likeness (QED) is 0.0387. The normalized spacial score (nSPS) is 19.6. The molecule has 0 saturated carbocycles. The first kappa shape index (κ1) is 38.7. The van der Waals surface area contributed by atoms with E-state index >= 15 is 0 Å². The van der Waals surface area contributed by atoms with Gasteiger partial charge in [-0.2, -0.15) is 9.36 Å². The van der Waals surface area contributed by atoms with Gasteiger partial charge in [-0.15, -0.1) is 16.9 Å². The minimum absolute atomic E-state index is 0.0643. The Balaban J connectivity index is 1.21. The van der Waals surface area contributed by atoms with Crippen LogP contribution in [0.1, 0.15) is 48.7 Å². The number of hydrogen-bond donors (Lipinski definition) is 5. The first-order valence-electron chi connectivity index (χ1n) is 16.6. The second kappa shape index (κ2) is 15.4. The number of amides is 3. The van der Waals surface area contributed by atoms with Gasteiger partial charge in [0.25, 0.3) is 17.7 Å². The Morgan fingerprint density at radius 2 is 1.96 bits per heavy atom. The van der Waals surface area contributed by atoms with Gasteiger partial charge in [0.15, 0.2) is 22.5 Å². The second-order valence-electron chi connectivity index (χ2n) is 13.4. The van der Waals surface area contributed by atoms with Crippen molar-refractivity contribution >= 4 is 75.1 Å². The molecule has 2 fully saturated rings. The van der Waals surface area contributed by atoms with E-state index in [4.69, 9.17) is 26.9 Å². The van der Waals surface area contributed by atoms with Gasteiger partial charge in [-0.05, 0) is 36.4 Å². The summed E-state index contributed by atoms with van der Waals surface area (Å²) in [5.74, 6) is -2.69. The molecule has 3 aromatic rings. The number of phenolic OH excluding ortho intramolecular Hbond substituents is 2. The molecule has 0 radical (unpaired) electrons. The molecule has 2 saturated heterocycles. The summed E-state index contributed by atoms with van der Waals surface area (Å²) in [4.78, 5) is 63.8. The average Bonchev–Trinajstić information content (AvgIpc) is 3.90. The number of nitrogens with zero attached hydrogens (tertiary/aromatic N) is 9. The standard InChI is InChI=1S/C31H37ClN12O8S2/c1-31(2,29(50)51-4)52-38-19(23-36-30(33)54-39-23)26(48)35-20-27(49)43-21(24-37-40-41-42(24)3)16(14-53-28(20)43)13-44(8-5-6-9-44)10-7-34-25(47)15-11-17(32)22(46)18(45)12-15/h11-12,20,28H,5-10,13-14H2,1-4H3,(H5-,33,34,35,36,38,39,40,41,45,46,47,48)/p+1/t20-,28-/m1/s1. The lowest BCUT2D eigenvalue weighted by atomic mass is 10.0. The van der Waals surface area contributed by atoms with E-state index in [0.717, 1.165) is 49.1 Å². The first-order valence-corrected chi connectivity index (χ1v) is 18.8. The Morgan fingerprint density at radius 1 is 1.22 bits per heavy atom. The van der Waals surface area contributed by atoms with Gasteiger partial charge in [0.2, 0.25) is 17.1 Å². The van der Waals surface area contributed by atoms with Crippen LogP contribution >= 0.6 is 34.9 Å². The number of rotatable bonds is 13. The number of nitrogens with one attached hydrogen (secondary N) is 2. The van der Waals surface area contributed by atoms with Crippen molar-refractivity contribution in [2.75, 3.05) is 51.3 Å². The summed E-state index contributed by atoms with van der Waals surface area (Å²) >= 11 is 8.25. The van der Waals surface area contributed by atoms with Crippen LogP contribution in [0.2, 0.25) is 5.02 Å². The molecule has 0 unspecified atom stereocenters. The molecule has 1 aromatic carbocycles. The smallest absolute Gasteiger partial charge is 0.352 e. The predicted molar refractivity (Wildman–Crippen MR) is 195 cm³/mol. The van der Waals surface area contributed by atoms with Gasteiger partial charge in [0.1, 0.15) is 18.0 Å². The summed E-state index contributed by atoms with van der Waals surface area (Å²) in [6.45, 7) is 5.91. The summed E-state index contributed by atoms with van der Waals surface area (Å²) in [6, 6.07) is 1.46. The number of anilines is 1. The number of carbonyl (C=O) groups excluding carboxylic acids is 4. The molecule has 2 aromatic heterocycles. The SMILES string of the molecule is COC(=O)C(C)(C)O/N=C(\C(=O)N[C@@H]1C(=O)N2C(c3nnnn3C)=C(C[N+]3(CCNC(=O)c4cc(O)c(O)c(Cl)c4)CCCC3)CS[C@H]12)c1nsc(N)n1. The number of aryl methyl sites for hydroxylation is 1. The molecule has 3 amide bonds. The number of ether oxygens (including phenoxy) is 1. The van der Waals surface area contributed by atoms with Crippen molar-refractivity contribution in [1.82, 2.24) is 45.1 Å². The van der Waals surface area contributed by atoms with Crippen molar-refractivity contribution in [2.24, 2.45) is 12.2 Å². The average molecular weight is 806 g/mol. The van der Waals surface area contributed by atoms with Crippen molar-refractivity contribution in [3.05, 3.63) is 39.9 Å². The molecule has 2 atom stereocenters. The molecular weight excluding hydrogens is 768 g/mol. The van der Waals surface area contributed by atoms with Gasteiger partial charge >= 0.3 is 5.97 Å². The number of halogens is 1. The van der Waals surface area contributed by atoms with Gasteiger partial charge in [-0.25, -0.2) is 9.48 Å². The topological polar surface area (TPSA) is 262 Å². The van der Waals surface area contributed by atoms with Gasteiger partial charge in [-0.1, -0.05) is 16.8 Å². The molecule has 6 N–H and O–H groups in total. The molecule has 0 aliphatic carbocycles. The number of aromatic nitrogens is 6. The lowest BCUT2D eigenvalue weighted by Crippen LogP contribution is -2.70. The Hall–Kier alpha value is -5.06. The number of methoxy groups -OCH3 is 1. The van der Waals surface area contributed by atoms with E-state index in [9.17, 15) is 29.4 Å². The number of nitrogens with two attached hydrogens (primary N) is 1. The summed E-state index contributed by atoms with van der Waals surface area (Å²) in [5, 5.41) is 40.7. The molecular formula is C31H38ClN12O8S2+. The van der Waals surface area contributed by atoms with Crippen molar-refractivity contribution in [1.29, 1.82) is 0 Å². The summed E-state index contributed by atoms with van der Waals surface area (Å²) in [5.41, 5.74) is 5.41. The van der Waals surface area contributed by atoms with Gasteiger partial charge in [0.05, 0.1) is 44.0 Å². The number of aromatic hydroxyl groups is 2. The molecule has 6 rings (SSSR count). The first-order chi connectivity index (χ1) is 25.6. The van der Waals surface area contributed by atoms with Crippen LogP contribution in [0.15, 0.2) is 22.9 Å². The number of β-lactam (4-membered cyclic amide) rings is 1. The number of likely N-dealkylation sites (tertiary alicyclic amines) is 1. The monoisotopic (exact) mass is 805 g/mol. The molecule has 20 nitrogen and oxygen atoms in total. The van der Waals surface area contributed by atoms with Crippen molar-refractivity contribution in [3.8, 4) is 11.5 Å². The number of nitrogen functional groups attached to an aromatic ring is 1. The Morgan fingerprint density at radius 3 is 2.59 bits per heavy atom. The highest BCUT2D eigenvalue weighted by Gasteiger charge is 2.55. The van der Waals surface area contributed by atoms with Crippen LogP contribution in [0.4, 0.5) is 5.13 Å². The number of tetrazole rings is 1. The third-order valence-corrected chi connectivity index (χ3v) is 11.5. The maximum absolute atomic E-state index is 14.0. The minimum Gasteiger partial charge on any atom is -0.504 e. The molecule has 5 heterocycles. The second-order valence-corrected chi connectivity index (χ2v) is 15.7. The minimum atomic E-state index is -1.56.